The Labute approximate surface area is 139 Å². The molecule has 5 nitrogen and oxygen atoms in total. The van der Waals surface area contributed by atoms with E-state index in [4.69, 9.17) is 4.74 Å². The molecule has 130 valence electrons. The number of ether oxygens (including phenoxy) is 1. The zero-order chi connectivity index (χ0) is 15.8. The number of rotatable bonds is 3. The van der Waals surface area contributed by atoms with Gasteiger partial charge in [0.05, 0.1) is 18.7 Å². The molecule has 4 fully saturated rings. The van der Waals surface area contributed by atoms with Crippen molar-refractivity contribution in [1.82, 2.24) is 16.0 Å². The smallest absolute Gasteiger partial charge is 0.237 e. The van der Waals surface area contributed by atoms with Crippen molar-refractivity contribution in [1.29, 1.82) is 0 Å². The maximum atomic E-state index is 12.5. The molecule has 4 aliphatic rings. The highest BCUT2D eigenvalue weighted by molar-refractivity contribution is 5.82. The molecule has 0 bridgehead atoms. The molecule has 0 radical (unpaired) electrons. The van der Waals surface area contributed by atoms with Gasteiger partial charge in [-0.25, -0.2) is 0 Å². The predicted octanol–water partition coefficient (Wildman–Crippen LogP) is 1.53. The van der Waals surface area contributed by atoms with Crippen LogP contribution in [0.3, 0.4) is 0 Å². The zero-order valence-corrected chi connectivity index (χ0v) is 14.2. The second-order valence-corrected chi connectivity index (χ2v) is 8.11. The van der Waals surface area contributed by atoms with E-state index in [1.807, 2.05) is 0 Å². The Morgan fingerprint density at radius 3 is 2.83 bits per heavy atom. The average Bonchev–Trinajstić information content (AvgIpc) is 3.17. The van der Waals surface area contributed by atoms with Gasteiger partial charge in [-0.1, -0.05) is 26.2 Å². The third-order valence-corrected chi connectivity index (χ3v) is 6.51. The van der Waals surface area contributed by atoms with E-state index in [9.17, 15) is 4.79 Å². The van der Waals surface area contributed by atoms with Gasteiger partial charge < -0.3 is 15.4 Å². The van der Waals surface area contributed by atoms with E-state index in [1.165, 1.54) is 38.5 Å². The van der Waals surface area contributed by atoms with E-state index in [1.54, 1.807) is 0 Å². The summed E-state index contributed by atoms with van der Waals surface area (Å²) in [6.07, 6.45) is 10.2. The lowest BCUT2D eigenvalue weighted by Crippen LogP contribution is -2.48. The minimum absolute atomic E-state index is 0.00495. The Kier molecular flexibility index (Phi) is 4.61. The van der Waals surface area contributed by atoms with Crippen molar-refractivity contribution in [3.05, 3.63) is 0 Å². The molecule has 2 heterocycles. The molecule has 0 aromatic heterocycles. The molecule has 1 amide bonds. The number of nitrogens with one attached hydrogen (secondary N) is 3. The van der Waals surface area contributed by atoms with Gasteiger partial charge in [-0.3, -0.25) is 10.1 Å². The Balaban J connectivity index is 1.25. The molecule has 2 aliphatic heterocycles. The fraction of sp³-hybridized carbons (Fsp3) is 0.944. The first-order valence-corrected chi connectivity index (χ1v) is 9.66. The number of hydrogen-bond donors (Lipinski definition) is 3. The molecule has 23 heavy (non-hydrogen) atoms. The van der Waals surface area contributed by atoms with E-state index in [0.29, 0.717) is 36.6 Å². The Morgan fingerprint density at radius 1 is 1.13 bits per heavy atom. The molecular formula is C18H31N3O2. The first-order chi connectivity index (χ1) is 11.2. The number of fused-ring (bicyclic) bond motifs is 2. The minimum Gasteiger partial charge on any atom is -0.357 e. The van der Waals surface area contributed by atoms with Crippen LogP contribution in [-0.4, -0.2) is 42.9 Å². The summed E-state index contributed by atoms with van der Waals surface area (Å²) in [4.78, 5) is 12.5. The number of carbonyl (C=O) groups excluding carboxylic acids is 1. The fourth-order valence-corrected chi connectivity index (χ4v) is 5.24. The van der Waals surface area contributed by atoms with Gasteiger partial charge in [0.1, 0.15) is 6.23 Å². The summed E-state index contributed by atoms with van der Waals surface area (Å²) < 4.78 is 6.04. The largest absolute Gasteiger partial charge is 0.357 e. The van der Waals surface area contributed by atoms with E-state index in [2.05, 4.69) is 22.9 Å². The second kappa shape index (κ2) is 6.69. The number of hydrogen-bond acceptors (Lipinski definition) is 4. The van der Waals surface area contributed by atoms with Crippen LogP contribution in [0.15, 0.2) is 0 Å². The first-order valence-electron chi connectivity index (χ1n) is 9.66. The quantitative estimate of drug-likeness (QED) is 0.738. The van der Waals surface area contributed by atoms with Crippen molar-refractivity contribution in [2.24, 2.45) is 11.8 Å². The summed E-state index contributed by atoms with van der Waals surface area (Å²) >= 11 is 0. The van der Waals surface area contributed by atoms with Gasteiger partial charge in [-0.05, 0) is 43.9 Å². The molecule has 4 rings (SSSR count). The lowest BCUT2D eigenvalue weighted by atomic mass is 9.78. The van der Waals surface area contributed by atoms with E-state index >= 15 is 0 Å². The summed E-state index contributed by atoms with van der Waals surface area (Å²) in [6.45, 7) is 2.91. The van der Waals surface area contributed by atoms with Crippen LogP contribution in [0.4, 0.5) is 0 Å². The van der Waals surface area contributed by atoms with Gasteiger partial charge in [-0.15, -0.1) is 0 Å². The lowest BCUT2D eigenvalue weighted by molar-refractivity contribution is -0.123. The van der Waals surface area contributed by atoms with Crippen LogP contribution in [0.5, 0.6) is 0 Å². The van der Waals surface area contributed by atoms with Crippen molar-refractivity contribution in [3.8, 4) is 0 Å². The standard InChI is InChI=1S/C18H31N3O2/c1-11-5-4-6-12-9-14(21-17(11)12)18(22)19-10-16-20-13-7-2-3-8-15(13)23-16/h11-17,20-21H,2-10H2,1H3,(H,19,22). The number of amides is 1. The third-order valence-electron chi connectivity index (χ3n) is 6.51. The van der Waals surface area contributed by atoms with Gasteiger partial charge >= 0.3 is 0 Å². The summed E-state index contributed by atoms with van der Waals surface area (Å²) in [5.74, 6) is 1.56. The van der Waals surface area contributed by atoms with E-state index in [0.717, 1.165) is 12.8 Å². The van der Waals surface area contributed by atoms with Gasteiger partial charge in [0.2, 0.25) is 5.91 Å². The Morgan fingerprint density at radius 2 is 2.00 bits per heavy atom. The maximum Gasteiger partial charge on any atom is 0.237 e. The Hall–Kier alpha value is -0.650. The molecule has 0 spiro atoms. The van der Waals surface area contributed by atoms with Gasteiger partial charge in [0.15, 0.2) is 0 Å². The monoisotopic (exact) mass is 321 g/mol. The van der Waals surface area contributed by atoms with Crippen molar-refractivity contribution >= 4 is 5.91 Å². The van der Waals surface area contributed by atoms with Crippen LogP contribution in [0.2, 0.25) is 0 Å². The molecule has 0 aromatic carbocycles. The van der Waals surface area contributed by atoms with Crippen LogP contribution in [0.1, 0.15) is 58.3 Å². The predicted molar refractivity (Wildman–Crippen MR) is 88.9 cm³/mol. The molecule has 2 saturated heterocycles. The van der Waals surface area contributed by atoms with Crippen molar-refractivity contribution < 1.29 is 9.53 Å². The summed E-state index contributed by atoms with van der Waals surface area (Å²) in [6, 6.07) is 1.04. The molecule has 7 atom stereocenters. The average molecular weight is 321 g/mol. The highest BCUT2D eigenvalue weighted by Gasteiger charge is 2.42. The molecule has 2 aliphatic carbocycles. The van der Waals surface area contributed by atoms with Crippen molar-refractivity contribution in [2.45, 2.75) is 88.7 Å². The zero-order valence-electron chi connectivity index (χ0n) is 14.2. The third kappa shape index (κ3) is 3.28. The normalized spacial score (nSPS) is 46.2. The van der Waals surface area contributed by atoms with Crippen LogP contribution in [0, 0.1) is 11.8 Å². The van der Waals surface area contributed by atoms with Crippen LogP contribution < -0.4 is 16.0 Å². The van der Waals surface area contributed by atoms with Crippen molar-refractivity contribution in [3.63, 3.8) is 0 Å². The van der Waals surface area contributed by atoms with Crippen LogP contribution in [0.25, 0.3) is 0 Å². The molecule has 3 N–H and O–H groups in total. The minimum atomic E-state index is -0.00534. The lowest BCUT2D eigenvalue weighted by Gasteiger charge is -2.31. The SMILES string of the molecule is CC1CCCC2CC(C(=O)NCC3NC4CCCCC4O3)NC12. The van der Waals surface area contributed by atoms with Crippen LogP contribution >= 0.6 is 0 Å². The fourth-order valence-electron chi connectivity index (χ4n) is 5.24. The maximum absolute atomic E-state index is 12.5. The van der Waals surface area contributed by atoms with E-state index < -0.39 is 0 Å². The molecule has 7 unspecified atom stereocenters. The van der Waals surface area contributed by atoms with Crippen LogP contribution in [-0.2, 0) is 9.53 Å². The second-order valence-electron chi connectivity index (χ2n) is 8.11. The van der Waals surface area contributed by atoms with Gasteiger partial charge in [0, 0.05) is 12.1 Å². The van der Waals surface area contributed by atoms with Gasteiger partial charge in [0.25, 0.3) is 0 Å². The topological polar surface area (TPSA) is 62.4 Å². The van der Waals surface area contributed by atoms with Crippen molar-refractivity contribution in [2.75, 3.05) is 6.54 Å². The summed E-state index contributed by atoms with van der Waals surface area (Å²) in [5.41, 5.74) is 0. The molecule has 5 heteroatoms. The highest BCUT2D eigenvalue weighted by Crippen LogP contribution is 2.36. The molecule has 0 aromatic rings. The first kappa shape index (κ1) is 15.9. The summed E-state index contributed by atoms with van der Waals surface area (Å²) in [5, 5.41) is 10.2. The van der Waals surface area contributed by atoms with E-state index in [-0.39, 0.29) is 18.2 Å². The highest BCUT2D eigenvalue weighted by atomic mass is 16.5. The summed E-state index contributed by atoms with van der Waals surface area (Å²) in [7, 11) is 0. The Bertz CT molecular complexity index is 430. The molecule has 2 saturated carbocycles. The van der Waals surface area contributed by atoms with Gasteiger partial charge in [-0.2, -0.15) is 0 Å². The molecular weight excluding hydrogens is 290 g/mol. The number of carbonyl (C=O) groups is 1.